The number of carbonyl (C=O) groups is 1. The molecule has 1 aromatic carbocycles. The fraction of sp³-hybridized carbons (Fsp3) is 0.231. The highest BCUT2D eigenvalue weighted by atomic mass is 32.2. The van der Waals surface area contributed by atoms with Crippen LogP contribution in [-0.4, -0.2) is 24.5 Å². The lowest BCUT2D eigenvalue weighted by Crippen LogP contribution is -2.23. The Balaban J connectivity index is 2.15. The lowest BCUT2D eigenvalue weighted by molar-refractivity contribution is 0.0691. The van der Waals surface area contributed by atoms with Gasteiger partial charge in [0.15, 0.2) is 5.69 Å². The van der Waals surface area contributed by atoms with Crippen molar-refractivity contribution in [3.63, 3.8) is 0 Å². The maximum Gasteiger partial charge on any atom is 0.355 e. The summed E-state index contributed by atoms with van der Waals surface area (Å²) in [6.45, 7) is 3.62. The number of carboxylic acid groups (broad SMARTS) is 1. The van der Waals surface area contributed by atoms with Crippen LogP contribution >= 0.6 is 11.3 Å². The minimum atomic E-state index is -3.65. The summed E-state index contributed by atoms with van der Waals surface area (Å²) in [5.41, 5.74) is 1.64. The van der Waals surface area contributed by atoms with Gasteiger partial charge in [0.1, 0.15) is 5.01 Å². The predicted octanol–water partition coefficient (Wildman–Crippen LogP) is 1.94. The van der Waals surface area contributed by atoms with E-state index in [-0.39, 0.29) is 17.1 Å². The molecule has 0 bridgehead atoms. The molecular formula is C13H14N2O4S2. The van der Waals surface area contributed by atoms with Crippen LogP contribution in [0, 0.1) is 13.8 Å². The molecule has 2 aromatic rings. The molecule has 0 spiro atoms. The summed E-state index contributed by atoms with van der Waals surface area (Å²) in [6.07, 6.45) is 0. The molecule has 2 N–H and O–H groups in total. The molecule has 0 aliphatic rings. The first-order chi connectivity index (χ1) is 9.78. The molecule has 0 fully saturated rings. The molecule has 0 aliphatic carbocycles. The van der Waals surface area contributed by atoms with Crippen molar-refractivity contribution in [3.8, 4) is 0 Å². The van der Waals surface area contributed by atoms with Crippen molar-refractivity contribution < 1.29 is 18.3 Å². The smallest absolute Gasteiger partial charge is 0.355 e. The van der Waals surface area contributed by atoms with Crippen LogP contribution in [0.4, 0.5) is 0 Å². The zero-order valence-corrected chi connectivity index (χ0v) is 13.1. The third kappa shape index (κ3) is 3.87. The van der Waals surface area contributed by atoms with Crippen molar-refractivity contribution in [2.75, 3.05) is 0 Å². The van der Waals surface area contributed by atoms with Crippen LogP contribution in [0.1, 0.15) is 26.6 Å². The van der Waals surface area contributed by atoms with Crippen LogP contribution in [0.2, 0.25) is 0 Å². The molecule has 2 rings (SSSR count). The van der Waals surface area contributed by atoms with E-state index >= 15 is 0 Å². The molecule has 21 heavy (non-hydrogen) atoms. The maximum atomic E-state index is 12.2. The number of thiazole rings is 1. The summed E-state index contributed by atoms with van der Waals surface area (Å²) in [4.78, 5) is 14.7. The molecule has 0 saturated carbocycles. The van der Waals surface area contributed by atoms with Gasteiger partial charge >= 0.3 is 5.97 Å². The van der Waals surface area contributed by atoms with Gasteiger partial charge in [-0.15, -0.1) is 11.3 Å². The topological polar surface area (TPSA) is 96.4 Å². The number of rotatable bonds is 5. The lowest BCUT2D eigenvalue weighted by atomic mass is 10.2. The molecule has 0 atom stereocenters. The molecule has 1 heterocycles. The van der Waals surface area contributed by atoms with Crippen molar-refractivity contribution in [1.29, 1.82) is 0 Å². The molecule has 0 radical (unpaired) electrons. The number of sulfonamides is 1. The zero-order chi connectivity index (χ0) is 15.6. The van der Waals surface area contributed by atoms with Gasteiger partial charge in [0.2, 0.25) is 10.0 Å². The van der Waals surface area contributed by atoms with Gasteiger partial charge in [-0.1, -0.05) is 6.07 Å². The second-order valence-corrected chi connectivity index (χ2v) is 7.29. The van der Waals surface area contributed by atoms with Gasteiger partial charge in [0, 0.05) is 5.38 Å². The number of carboxylic acids is 1. The zero-order valence-electron chi connectivity index (χ0n) is 11.5. The van der Waals surface area contributed by atoms with E-state index in [4.69, 9.17) is 5.11 Å². The van der Waals surface area contributed by atoms with Crippen LogP contribution in [0.25, 0.3) is 0 Å². The van der Waals surface area contributed by atoms with Gasteiger partial charge in [0.05, 0.1) is 11.4 Å². The minimum Gasteiger partial charge on any atom is -0.476 e. The first-order valence-electron chi connectivity index (χ1n) is 6.03. The standard InChI is InChI=1S/C13H14N2O4S2/c1-8-3-9(2)5-10(4-8)21(18,19)14-6-12-15-11(7-20-12)13(16)17/h3-5,7,14H,6H2,1-2H3,(H,16,17). The number of hydrogen-bond acceptors (Lipinski definition) is 5. The number of aromatic nitrogens is 1. The number of hydrogen-bond donors (Lipinski definition) is 2. The Bertz CT molecular complexity index is 761. The van der Waals surface area contributed by atoms with Crippen LogP contribution in [-0.2, 0) is 16.6 Å². The summed E-state index contributed by atoms with van der Waals surface area (Å²) in [5.74, 6) is -1.13. The molecule has 6 nitrogen and oxygen atoms in total. The van der Waals surface area contributed by atoms with E-state index in [1.165, 1.54) is 5.38 Å². The molecule has 0 amide bonds. The van der Waals surface area contributed by atoms with Crippen LogP contribution in [0.3, 0.4) is 0 Å². The first-order valence-corrected chi connectivity index (χ1v) is 8.40. The molecule has 8 heteroatoms. The third-order valence-electron chi connectivity index (χ3n) is 2.69. The molecule has 1 aromatic heterocycles. The van der Waals surface area contributed by atoms with Crippen LogP contribution in [0.15, 0.2) is 28.5 Å². The third-order valence-corrected chi connectivity index (χ3v) is 4.92. The van der Waals surface area contributed by atoms with Gasteiger partial charge in [-0.05, 0) is 37.1 Å². The Morgan fingerprint density at radius 2 is 1.90 bits per heavy atom. The van der Waals surface area contributed by atoms with Gasteiger partial charge in [-0.25, -0.2) is 22.9 Å². The van der Waals surface area contributed by atoms with Crippen molar-refractivity contribution in [1.82, 2.24) is 9.71 Å². The Labute approximate surface area is 126 Å². The van der Waals surface area contributed by atoms with Gasteiger partial charge in [-0.3, -0.25) is 0 Å². The van der Waals surface area contributed by atoms with Gasteiger partial charge in [0.25, 0.3) is 0 Å². The molecular weight excluding hydrogens is 312 g/mol. The second kappa shape index (κ2) is 5.92. The average Bonchev–Trinajstić information content (AvgIpc) is 2.84. The number of aromatic carboxylic acids is 1. The molecule has 0 aliphatic heterocycles. The van der Waals surface area contributed by atoms with Crippen LogP contribution < -0.4 is 4.72 Å². The van der Waals surface area contributed by atoms with Crippen molar-refractivity contribution >= 4 is 27.3 Å². The van der Waals surface area contributed by atoms with Crippen molar-refractivity contribution in [2.45, 2.75) is 25.3 Å². The minimum absolute atomic E-state index is 0.0345. The number of benzene rings is 1. The van der Waals surface area contributed by atoms with Gasteiger partial charge < -0.3 is 5.11 Å². The predicted molar refractivity (Wildman–Crippen MR) is 79.0 cm³/mol. The van der Waals surface area contributed by atoms with Crippen LogP contribution in [0.5, 0.6) is 0 Å². The molecule has 0 saturated heterocycles. The van der Waals surface area contributed by atoms with E-state index in [0.29, 0.717) is 5.01 Å². The average molecular weight is 326 g/mol. The van der Waals surface area contributed by atoms with Crippen molar-refractivity contribution in [2.24, 2.45) is 0 Å². The molecule has 0 unspecified atom stereocenters. The first kappa shape index (κ1) is 15.6. The number of aryl methyl sites for hydroxylation is 2. The van der Waals surface area contributed by atoms with Crippen molar-refractivity contribution in [3.05, 3.63) is 45.4 Å². The quantitative estimate of drug-likeness (QED) is 0.875. The Hall–Kier alpha value is -1.77. The Morgan fingerprint density at radius 3 is 2.43 bits per heavy atom. The largest absolute Gasteiger partial charge is 0.476 e. The number of nitrogens with one attached hydrogen (secondary N) is 1. The Kier molecular flexibility index (Phi) is 4.40. The maximum absolute atomic E-state index is 12.2. The van der Waals surface area contributed by atoms with Gasteiger partial charge in [-0.2, -0.15) is 0 Å². The highest BCUT2D eigenvalue weighted by Crippen LogP contribution is 2.15. The SMILES string of the molecule is Cc1cc(C)cc(S(=O)(=O)NCc2nc(C(=O)O)cs2)c1. The summed E-state index contributed by atoms with van der Waals surface area (Å²) < 4.78 is 26.8. The fourth-order valence-corrected chi connectivity index (χ4v) is 3.79. The van der Waals surface area contributed by atoms with E-state index in [1.807, 2.05) is 19.9 Å². The van der Waals surface area contributed by atoms with E-state index in [1.54, 1.807) is 12.1 Å². The van der Waals surface area contributed by atoms with E-state index in [0.717, 1.165) is 22.5 Å². The van der Waals surface area contributed by atoms with E-state index in [9.17, 15) is 13.2 Å². The highest BCUT2D eigenvalue weighted by Gasteiger charge is 2.16. The normalized spacial score (nSPS) is 11.5. The summed E-state index contributed by atoms with van der Waals surface area (Å²) in [7, 11) is -3.65. The highest BCUT2D eigenvalue weighted by molar-refractivity contribution is 7.89. The lowest BCUT2D eigenvalue weighted by Gasteiger charge is -2.07. The second-order valence-electron chi connectivity index (χ2n) is 4.58. The Morgan fingerprint density at radius 1 is 1.29 bits per heavy atom. The van der Waals surface area contributed by atoms with E-state index in [2.05, 4.69) is 9.71 Å². The summed E-state index contributed by atoms with van der Waals surface area (Å²) in [6, 6.07) is 5.05. The molecule has 112 valence electrons. The summed E-state index contributed by atoms with van der Waals surface area (Å²) >= 11 is 1.10. The summed E-state index contributed by atoms with van der Waals surface area (Å²) in [5, 5.41) is 10.6. The monoisotopic (exact) mass is 326 g/mol. The fourth-order valence-electron chi connectivity index (χ4n) is 1.82. The number of nitrogens with zero attached hydrogens (tertiary/aromatic N) is 1. The van der Waals surface area contributed by atoms with E-state index < -0.39 is 16.0 Å².